The van der Waals surface area contributed by atoms with Crippen molar-refractivity contribution in [3.8, 4) is 5.75 Å². The summed E-state index contributed by atoms with van der Waals surface area (Å²) in [6.07, 6.45) is 2.38. The van der Waals surface area contributed by atoms with Gasteiger partial charge in [0.2, 0.25) is 0 Å². The van der Waals surface area contributed by atoms with Gasteiger partial charge in [-0.3, -0.25) is 0 Å². The van der Waals surface area contributed by atoms with Gasteiger partial charge in [0.1, 0.15) is 5.75 Å². The number of fused-ring (bicyclic) bond motifs is 1. The van der Waals surface area contributed by atoms with E-state index >= 15 is 0 Å². The molecule has 14 heavy (non-hydrogen) atoms. The number of alkyl halides is 1. The second kappa shape index (κ2) is 4.35. The van der Waals surface area contributed by atoms with E-state index in [2.05, 4.69) is 41.1 Å². The Morgan fingerprint density at radius 3 is 3.07 bits per heavy atom. The maximum atomic E-state index is 5.70. The predicted octanol–water partition coefficient (Wildman–Crippen LogP) is 3.20. The Labute approximate surface area is 93.6 Å². The molecule has 0 amide bonds. The number of rotatable bonds is 3. The summed E-state index contributed by atoms with van der Waals surface area (Å²) in [6.45, 7) is 3.05. The molecule has 2 heteroatoms. The molecular formula is C12H15BrO. The molecule has 1 nitrogen and oxygen atoms in total. The molecule has 0 fully saturated rings. The van der Waals surface area contributed by atoms with Gasteiger partial charge in [-0.1, -0.05) is 35.0 Å². The number of benzene rings is 1. The molecule has 0 N–H and O–H groups in total. The van der Waals surface area contributed by atoms with E-state index in [4.69, 9.17) is 4.74 Å². The van der Waals surface area contributed by atoms with Crippen molar-refractivity contribution in [1.29, 1.82) is 0 Å². The molecule has 1 atom stereocenters. The van der Waals surface area contributed by atoms with Gasteiger partial charge < -0.3 is 4.74 Å². The van der Waals surface area contributed by atoms with Crippen molar-refractivity contribution in [3.05, 3.63) is 29.3 Å². The monoisotopic (exact) mass is 254 g/mol. The van der Waals surface area contributed by atoms with Gasteiger partial charge in [-0.05, 0) is 36.0 Å². The van der Waals surface area contributed by atoms with Crippen LogP contribution in [0, 0.1) is 5.92 Å². The third-order valence-corrected chi connectivity index (χ3v) is 3.01. The van der Waals surface area contributed by atoms with Crippen LogP contribution in [0.3, 0.4) is 0 Å². The summed E-state index contributed by atoms with van der Waals surface area (Å²) in [7, 11) is 0. The molecule has 76 valence electrons. The zero-order chi connectivity index (χ0) is 9.97. The summed E-state index contributed by atoms with van der Waals surface area (Å²) in [5, 5.41) is 0.895. The molecular weight excluding hydrogens is 240 g/mol. The van der Waals surface area contributed by atoms with Crippen LogP contribution in [0.5, 0.6) is 5.75 Å². The summed E-state index contributed by atoms with van der Waals surface area (Å²) >= 11 is 3.37. The lowest BCUT2D eigenvalue weighted by Gasteiger charge is -2.09. The number of hydrogen-bond donors (Lipinski definition) is 0. The Morgan fingerprint density at radius 1 is 1.43 bits per heavy atom. The zero-order valence-corrected chi connectivity index (χ0v) is 10.0. The lowest BCUT2D eigenvalue weighted by atomic mass is 10.1. The van der Waals surface area contributed by atoms with Crippen LogP contribution in [0.2, 0.25) is 0 Å². The van der Waals surface area contributed by atoms with Gasteiger partial charge in [-0.25, -0.2) is 0 Å². The fraction of sp³-hybridized carbons (Fsp3) is 0.500. The van der Waals surface area contributed by atoms with Gasteiger partial charge in [0.15, 0.2) is 0 Å². The number of hydrogen-bond acceptors (Lipinski definition) is 1. The molecule has 0 aliphatic heterocycles. The van der Waals surface area contributed by atoms with E-state index < -0.39 is 0 Å². The predicted molar refractivity (Wildman–Crippen MR) is 62.3 cm³/mol. The second-order valence-corrected chi connectivity index (χ2v) is 4.74. The van der Waals surface area contributed by atoms with Gasteiger partial charge in [0.25, 0.3) is 0 Å². The molecule has 0 heterocycles. The average Bonchev–Trinajstić information content (AvgIpc) is 2.55. The third-order valence-electron chi connectivity index (χ3n) is 2.69. The SMILES string of the molecule is CC1Cc2cccc(OCCBr)c2C1. The number of halogens is 1. The normalized spacial score (nSPS) is 19.4. The molecule has 1 aliphatic carbocycles. The van der Waals surface area contributed by atoms with Gasteiger partial charge >= 0.3 is 0 Å². The van der Waals surface area contributed by atoms with Crippen molar-refractivity contribution in [2.75, 3.05) is 11.9 Å². The van der Waals surface area contributed by atoms with Crippen molar-refractivity contribution in [2.24, 2.45) is 5.92 Å². The van der Waals surface area contributed by atoms with Crippen molar-refractivity contribution in [2.45, 2.75) is 19.8 Å². The van der Waals surface area contributed by atoms with E-state index in [9.17, 15) is 0 Å². The first-order chi connectivity index (χ1) is 6.81. The summed E-state index contributed by atoms with van der Waals surface area (Å²) in [6, 6.07) is 6.40. The Hall–Kier alpha value is -0.500. The average molecular weight is 255 g/mol. The van der Waals surface area contributed by atoms with Crippen molar-refractivity contribution >= 4 is 15.9 Å². The first kappa shape index (κ1) is 10.0. The first-order valence-electron chi connectivity index (χ1n) is 5.11. The van der Waals surface area contributed by atoms with Crippen LogP contribution < -0.4 is 4.74 Å². The molecule has 1 aromatic carbocycles. The molecule has 0 radical (unpaired) electrons. The lowest BCUT2D eigenvalue weighted by Crippen LogP contribution is -2.00. The van der Waals surface area contributed by atoms with Gasteiger partial charge in [0.05, 0.1) is 6.61 Å². The largest absolute Gasteiger partial charge is 0.492 e. The molecule has 0 saturated heterocycles. The van der Waals surface area contributed by atoms with Crippen LogP contribution in [0.4, 0.5) is 0 Å². The Bertz CT molecular complexity index is 322. The summed E-state index contributed by atoms with van der Waals surface area (Å²) < 4.78 is 5.70. The maximum absolute atomic E-state index is 5.70. The Balaban J connectivity index is 2.21. The lowest BCUT2D eigenvalue weighted by molar-refractivity contribution is 0.341. The van der Waals surface area contributed by atoms with Crippen LogP contribution in [0.15, 0.2) is 18.2 Å². The minimum Gasteiger partial charge on any atom is -0.492 e. The highest BCUT2D eigenvalue weighted by molar-refractivity contribution is 9.09. The first-order valence-corrected chi connectivity index (χ1v) is 6.23. The minimum atomic E-state index is 0.755. The summed E-state index contributed by atoms with van der Waals surface area (Å²) in [5.41, 5.74) is 2.91. The minimum absolute atomic E-state index is 0.755. The van der Waals surface area contributed by atoms with E-state index in [1.54, 1.807) is 0 Å². The van der Waals surface area contributed by atoms with Gasteiger partial charge in [-0.15, -0.1) is 0 Å². The topological polar surface area (TPSA) is 9.23 Å². The Morgan fingerprint density at radius 2 is 2.29 bits per heavy atom. The summed E-state index contributed by atoms with van der Waals surface area (Å²) in [4.78, 5) is 0. The van der Waals surface area contributed by atoms with Crippen LogP contribution in [-0.2, 0) is 12.8 Å². The Kier molecular flexibility index (Phi) is 3.12. The molecule has 1 unspecified atom stereocenters. The van der Waals surface area contributed by atoms with Crippen LogP contribution >= 0.6 is 15.9 Å². The highest BCUT2D eigenvalue weighted by Gasteiger charge is 2.20. The van der Waals surface area contributed by atoms with E-state index in [1.165, 1.54) is 24.0 Å². The van der Waals surface area contributed by atoms with Crippen molar-refractivity contribution in [1.82, 2.24) is 0 Å². The fourth-order valence-corrected chi connectivity index (χ4v) is 2.28. The zero-order valence-electron chi connectivity index (χ0n) is 8.42. The molecule has 2 rings (SSSR count). The fourth-order valence-electron chi connectivity index (χ4n) is 2.11. The van der Waals surface area contributed by atoms with Gasteiger partial charge in [-0.2, -0.15) is 0 Å². The van der Waals surface area contributed by atoms with E-state index in [0.717, 1.165) is 23.6 Å². The van der Waals surface area contributed by atoms with Gasteiger partial charge in [0, 0.05) is 5.33 Å². The highest BCUT2D eigenvalue weighted by atomic mass is 79.9. The quantitative estimate of drug-likeness (QED) is 0.753. The van der Waals surface area contributed by atoms with E-state index in [-0.39, 0.29) is 0 Å². The van der Waals surface area contributed by atoms with Crippen LogP contribution in [0.25, 0.3) is 0 Å². The molecule has 0 aromatic heterocycles. The maximum Gasteiger partial charge on any atom is 0.122 e. The standard InChI is InChI=1S/C12H15BrO/c1-9-7-10-3-2-4-12(11(10)8-9)14-6-5-13/h2-4,9H,5-8H2,1H3. The van der Waals surface area contributed by atoms with Crippen molar-refractivity contribution in [3.63, 3.8) is 0 Å². The molecule has 0 bridgehead atoms. The molecule has 0 spiro atoms. The third kappa shape index (κ3) is 1.95. The molecule has 1 aromatic rings. The van der Waals surface area contributed by atoms with Crippen LogP contribution in [0.1, 0.15) is 18.1 Å². The number of ether oxygens (including phenoxy) is 1. The second-order valence-electron chi connectivity index (χ2n) is 3.94. The van der Waals surface area contributed by atoms with Crippen LogP contribution in [-0.4, -0.2) is 11.9 Å². The highest BCUT2D eigenvalue weighted by Crippen LogP contribution is 2.33. The van der Waals surface area contributed by atoms with Crippen molar-refractivity contribution < 1.29 is 4.74 Å². The van der Waals surface area contributed by atoms with E-state index in [1.807, 2.05) is 0 Å². The van der Waals surface area contributed by atoms with E-state index in [0.29, 0.717) is 0 Å². The molecule has 1 aliphatic rings. The molecule has 0 saturated carbocycles. The summed E-state index contributed by atoms with van der Waals surface area (Å²) in [5.74, 6) is 1.87. The smallest absolute Gasteiger partial charge is 0.122 e.